The number of halogens is 1. The van der Waals surface area contributed by atoms with Crippen LogP contribution in [0.4, 0.5) is 0 Å². The van der Waals surface area contributed by atoms with E-state index in [-0.39, 0.29) is 10.7 Å². The quantitative estimate of drug-likeness (QED) is 0.737. The normalized spacial score (nSPS) is 20.3. The van der Waals surface area contributed by atoms with Crippen LogP contribution < -0.4 is 0 Å². The number of amides is 1. The van der Waals surface area contributed by atoms with Crippen LogP contribution in [0, 0.1) is 5.92 Å². The van der Waals surface area contributed by atoms with Crippen molar-refractivity contribution in [2.24, 2.45) is 5.92 Å². The van der Waals surface area contributed by atoms with Gasteiger partial charge >= 0.3 is 0 Å². The second kappa shape index (κ2) is 6.48. The monoisotopic (exact) mass is 277 g/mol. The fourth-order valence-corrected chi connectivity index (χ4v) is 2.22. The van der Waals surface area contributed by atoms with Crippen LogP contribution in [0.1, 0.15) is 26.2 Å². The number of carbonyl (C=O) groups is 1. The average molecular weight is 278 g/mol. The lowest BCUT2D eigenvalue weighted by Gasteiger charge is -2.32. The summed E-state index contributed by atoms with van der Waals surface area (Å²) in [7, 11) is 1.74. The summed E-state index contributed by atoms with van der Waals surface area (Å²) < 4.78 is 5.13. The standard InChI is InChI=1S/C11H20BrNO2/c1-3-10(12)11(14)13-6-4-9(5-7-13)8-15-2/h9-10H,3-8H2,1-2H3. The lowest BCUT2D eigenvalue weighted by molar-refractivity contribution is -0.132. The molecular formula is C11H20BrNO2. The number of methoxy groups -OCH3 is 1. The van der Waals surface area contributed by atoms with E-state index in [0.717, 1.165) is 39.0 Å². The van der Waals surface area contributed by atoms with Crippen LogP contribution in [0.25, 0.3) is 0 Å². The number of carbonyl (C=O) groups excluding carboxylic acids is 1. The maximum atomic E-state index is 11.8. The fourth-order valence-electron chi connectivity index (χ4n) is 1.93. The SMILES string of the molecule is CCC(Br)C(=O)N1CCC(COC)CC1. The molecule has 1 aliphatic heterocycles. The number of alkyl halides is 1. The van der Waals surface area contributed by atoms with E-state index < -0.39 is 0 Å². The molecule has 1 unspecified atom stereocenters. The Hall–Kier alpha value is -0.0900. The van der Waals surface area contributed by atoms with E-state index in [2.05, 4.69) is 15.9 Å². The molecule has 0 spiro atoms. The highest BCUT2D eigenvalue weighted by Gasteiger charge is 2.25. The third kappa shape index (κ3) is 3.76. The summed E-state index contributed by atoms with van der Waals surface area (Å²) in [6, 6.07) is 0. The minimum Gasteiger partial charge on any atom is -0.384 e. The van der Waals surface area contributed by atoms with Crippen LogP contribution in [0.2, 0.25) is 0 Å². The van der Waals surface area contributed by atoms with Gasteiger partial charge in [0.25, 0.3) is 0 Å². The van der Waals surface area contributed by atoms with Gasteiger partial charge in [0.15, 0.2) is 0 Å². The number of piperidine rings is 1. The Labute approximate surface area is 100 Å². The predicted molar refractivity (Wildman–Crippen MR) is 64.2 cm³/mol. The molecule has 1 rings (SSSR count). The largest absolute Gasteiger partial charge is 0.384 e. The highest BCUT2D eigenvalue weighted by molar-refractivity contribution is 9.10. The molecule has 0 bridgehead atoms. The van der Waals surface area contributed by atoms with Crippen LogP contribution in [0.3, 0.4) is 0 Å². The third-order valence-corrected chi connectivity index (χ3v) is 3.99. The molecule has 0 aromatic heterocycles. The van der Waals surface area contributed by atoms with Gasteiger partial charge in [-0.25, -0.2) is 0 Å². The topological polar surface area (TPSA) is 29.5 Å². The first-order valence-corrected chi connectivity index (χ1v) is 6.52. The van der Waals surface area contributed by atoms with Gasteiger partial charge in [0.1, 0.15) is 0 Å². The summed E-state index contributed by atoms with van der Waals surface area (Å²) in [6.45, 7) is 4.62. The second-order valence-corrected chi connectivity index (χ2v) is 5.21. The number of nitrogens with zero attached hydrogens (tertiary/aromatic N) is 1. The molecule has 0 aromatic carbocycles. The highest BCUT2D eigenvalue weighted by atomic mass is 79.9. The average Bonchev–Trinajstić information content (AvgIpc) is 2.28. The molecule has 0 saturated carbocycles. The van der Waals surface area contributed by atoms with Gasteiger partial charge in [-0.2, -0.15) is 0 Å². The first-order chi connectivity index (χ1) is 7.19. The van der Waals surface area contributed by atoms with Crippen molar-refractivity contribution in [3.8, 4) is 0 Å². The minimum absolute atomic E-state index is 0.00326. The molecule has 3 nitrogen and oxygen atoms in total. The van der Waals surface area contributed by atoms with Gasteiger partial charge in [-0.1, -0.05) is 22.9 Å². The fraction of sp³-hybridized carbons (Fsp3) is 0.909. The summed E-state index contributed by atoms with van der Waals surface area (Å²) in [4.78, 5) is 13.8. The molecule has 1 atom stereocenters. The van der Waals surface area contributed by atoms with E-state index in [9.17, 15) is 4.79 Å². The van der Waals surface area contributed by atoms with E-state index in [1.165, 1.54) is 0 Å². The van der Waals surface area contributed by atoms with Gasteiger partial charge in [-0.3, -0.25) is 4.79 Å². The van der Waals surface area contributed by atoms with Crippen molar-refractivity contribution in [3.63, 3.8) is 0 Å². The summed E-state index contributed by atoms with van der Waals surface area (Å²) in [5, 5.41) is 0. The number of rotatable bonds is 4. The summed E-state index contributed by atoms with van der Waals surface area (Å²) in [5.41, 5.74) is 0. The van der Waals surface area contributed by atoms with E-state index in [0.29, 0.717) is 5.92 Å². The van der Waals surface area contributed by atoms with Crippen LogP contribution in [-0.2, 0) is 9.53 Å². The van der Waals surface area contributed by atoms with E-state index in [1.54, 1.807) is 7.11 Å². The Morgan fingerprint density at radius 2 is 2.13 bits per heavy atom. The zero-order valence-corrected chi connectivity index (χ0v) is 11.1. The lowest BCUT2D eigenvalue weighted by Crippen LogP contribution is -2.42. The van der Waals surface area contributed by atoms with Crippen LogP contribution >= 0.6 is 15.9 Å². The maximum Gasteiger partial charge on any atom is 0.236 e. The Morgan fingerprint density at radius 1 is 1.53 bits per heavy atom. The predicted octanol–water partition coefficient (Wildman–Crippen LogP) is 2.04. The molecule has 4 heteroatoms. The Kier molecular flexibility index (Phi) is 5.61. The molecule has 0 aromatic rings. The number of hydrogen-bond acceptors (Lipinski definition) is 2. The number of likely N-dealkylation sites (tertiary alicyclic amines) is 1. The van der Waals surface area contributed by atoms with Crippen molar-refractivity contribution in [1.82, 2.24) is 4.90 Å². The van der Waals surface area contributed by atoms with E-state index >= 15 is 0 Å². The first kappa shape index (κ1) is 13.0. The van der Waals surface area contributed by atoms with Crippen LogP contribution in [-0.4, -0.2) is 42.4 Å². The molecule has 88 valence electrons. The molecule has 0 N–H and O–H groups in total. The van der Waals surface area contributed by atoms with Crippen LogP contribution in [0.5, 0.6) is 0 Å². The van der Waals surface area contributed by atoms with Crippen molar-refractivity contribution < 1.29 is 9.53 Å². The molecule has 1 saturated heterocycles. The molecule has 0 radical (unpaired) electrons. The van der Waals surface area contributed by atoms with Crippen molar-refractivity contribution in [3.05, 3.63) is 0 Å². The van der Waals surface area contributed by atoms with Crippen molar-refractivity contribution in [2.45, 2.75) is 31.0 Å². The molecule has 15 heavy (non-hydrogen) atoms. The van der Waals surface area contributed by atoms with E-state index in [1.807, 2.05) is 11.8 Å². The van der Waals surface area contributed by atoms with Gasteiger partial charge in [0.05, 0.1) is 4.83 Å². The zero-order chi connectivity index (χ0) is 11.3. The molecule has 0 aliphatic carbocycles. The van der Waals surface area contributed by atoms with Crippen molar-refractivity contribution in [2.75, 3.05) is 26.8 Å². The van der Waals surface area contributed by atoms with Gasteiger partial charge in [0.2, 0.25) is 5.91 Å². The Bertz CT molecular complexity index is 203. The number of hydrogen-bond donors (Lipinski definition) is 0. The van der Waals surface area contributed by atoms with Gasteiger partial charge in [-0.05, 0) is 25.2 Å². The summed E-state index contributed by atoms with van der Waals surface area (Å²) >= 11 is 3.41. The summed E-state index contributed by atoms with van der Waals surface area (Å²) in [6.07, 6.45) is 3.00. The third-order valence-electron chi connectivity index (χ3n) is 2.95. The molecule has 1 aliphatic rings. The lowest BCUT2D eigenvalue weighted by atomic mass is 9.97. The van der Waals surface area contributed by atoms with Crippen molar-refractivity contribution in [1.29, 1.82) is 0 Å². The van der Waals surface area contributed by atoms with Gasteiger partial charge in [0, 0.05) is 26.8 Å². The van der Waals surface area contributed by atoms with Gasteiger partial charge in [-0.15, -0.1) is 0 Å². The van der Waals surface area contributed by atoms with E-state index in [4.69, 9.17) is 4.74 Å². The van der Waals surface area contributed by atoms with Crippen LogP contribution in [0.15, 0.2) is 0 Å². The van der Waals surface area contributed by atoms with Crippen molar-refractivity contribution >= 4 is 21.8 Å². The second-order valence-electron chi connectivity index (χ2n) is 4.10. The molecule has 1 fully saturated rings. The zero-order valence-electron chi connectivity index (χ0n) is 9.54. The highest BCUT2D eigenvalue weighted by Crippen LogP contribution is 2.19. The first-order valence-electron chi connectivity index (χ1n) is 5.60. The minimum atomic E-state index is -0.00326. The Balaban J connectivity index is 2.33. The van der Waals surface area contributed by atoms with Gasteiger partial charge < -0.3 is 9.64 Å². The Morgan fingerprint density at radius 3 is 2.60 bits per heavy atom. The maximum absolute atomic E-state index is 11.8. The summed E-state index contributed by atoms with van der Waals surface area (Å²) in [5.74, 6) is 0.878. The molecule has 1 amide bonds. The molecule has 1 heterocycles. The number of ether oxygens (including phenoxy) is 1. The molecular weight excluding hydrogens is 258 g/mol. The smallest absolute Gasteiger partial charge is 0.236 e.